The van der Waals surface area contributed by atoms with Gasteiger partial charge in [-0.2, -0.15) is 0 Å². The zero-order chi connectivity index (χ0) is 14.6. The van der Waals surface area contributed by atoms with Crippen LogP contribution in [0.2, 0.25) is 0 Å². The van der Waals surface area contributed by atoms with Crippen LogP contribution >= 0.6 is 0 Å². The number of likely N-dealkylation sites (N-methyl/N-ethyl adjacent to an activating group) is 1. The lowest BCUT2D eigenvalue weighted by Crippen LogP contribution is -2.47. The Bertz CT molecular complexity index is 394. The van der Waals surface area contributed by atoms with Gasteiger partial charge in [-0.15, -0.1) is 0 Å². The van der Waals surface area contributed by atoms with Crippen LogP contribution in [-0.2, 0) is 0 Å². The van der Waals surface area contributed by atoms with Crippen LogP contribution in [-0.4, -0.2) is 40.7 Å². The topological polar surface area (TPSA) is 62.4 Å². The fraction of sp³-hybridized carbons (Fsp3) is 0.643. The predicted octanol–water partition coefficient (Wildman–Crippen LogP) is 1.56. The summed E-state index contributed by atoms with van der Waals surface area (Å²) in [6, 6.07) is 2.74. The highest BCUT2D eigenvalue weighted by atomic mass is 19.1. The molecular weight excluding hydrogens is 245 g/mol. The Labute approximate surface area is 114 Å². The fourth-order valence-electron chi connectivity index (χ4n) is 1.79. The molecule has 0 bridgehead atoms. The Hall–Kier alpha value is -1.04. The quantitative estimate of drug-likeness (QED) is 0.822. The first-order valence-corrected chi connectivity index (χ1v) is 6.47. The second-order valence-corrected chi connectivity index (χ2v) is 5.76. The summed E-state index contributed by atoms with van der Waals surface area (Å²) in [4.78, 5) is 6.09. The van der Waals surface area contributed by atoms with Crippen molar-refractivity contribution in [3.8, 4) is 0 Å². The van der Waals surface area contributed by atoms with Gasteiger partial charge in [0.15, 0.2) is 0 Å². The van der Waals surface area contributed by atoms with E-state index in [1.807, 2.05) is 27.8 Å². The highest BCUT2D eigenvalue weighted by Crippen LogP contribution is 2.21. The zero-order valence-electron chi connectivity index (χ0n) is 12.1. The summed E-state index contributed by atoms with van der Waals surface area (Å²) < 4.78 is 12.8. The minimum absolute atomic E-state index is 0.0836. The van der Waals surface area contributed by atoms with Crippen LogP contribution in [0.1, 0.15) is 32.5 Å². The second-order valence-electron chi connectivity index (χ2n) is 5.76. The van der Waals surface area contributed by atoms with Gasteiger partial charge in [0, 0.05) is 12.1 Å². The summed E-state index contributed by atoms with van der Waals surface area (Å²) in [6.45, 7) is 6.79. The molecule has 0 aromatic carbocycles. The number of halogens is 1. The molecule has 19 heavy (non-hydrogen) atoms. The molecule has 0 fully saturated rings. The first-order valence-electron chi connectivity index (χ1n) is 6.47. The summed E-state index contributed by atoms with van der Waals surface area (Å²) >= 11 is 0. The Morgan fingerprint density at radius 2 is 2.11 bits per heavy atom. The maximum Gasteiger partial charge on any atom is 0.141 e. The van der Waals surface area contributed by atoms with Crippen molar-refractivity contribution in [1.29, 1.82) is 0 Å². The van der Waals surface area contributed by atoms with Crippen molar-refractivity contribution in [2.24, 2.45) is 11.7 Å². The van der Waals surface area contributed by atoms with Gasteiger partial charge in [-0.3, -0.25) is 9.88 Å². The van der Waals surface area contributed by atoms with Crippen molar-refractivity contribution >= 4 is 0 Å². The number of aromatic nitrogens is 1. The average Bonchev–Trinajstić information content (AvgIpc) is 2.38. The van der Waals surface area contributed by atoms with E-state index in [0.717, 1.165) is 6.54 Å². The number of pyridine rings is 1. The molecule has 1 heterocycles. The Morgan fingerprint density at radius 3 is 2.58 bits per heavy atom. The first kappa shape index (κ1) is 16.0. The van der Waals surface area contributed by atoms with E-state index < -0.39 is 0 Å². The van der Waals surface area contributed by atoms with E-state index >= 15 is 0 Å². The standard InChI is InChI=1S/C14H24FN3O/c1-10(8-18(4)14(2,3)9-19)13(16)12-6-5-11(15)7-17-12/h5-7,10,13,19H,8-9,16H2,1-4H3. The lowest BCUT2D eigenvalue weighted by atomic mass is 9.96. The summed E-state index contributed by atoms with van der Waals surface area (Å²) in [5.41, 5.74) is 6.54. The molecule has 0 saturated heterocycles. The third-order valence-corrected chi connectivity index (χ3v) is 3.69. The van der Waals surface area contributed by atoms with Gasteiger partial charge >= 0.3 is 0 Å². The molecule has 0 saturated carbocycles. The van der Waals surface area contributed by atoms with E-state index in [-0.39, 0.29) is 29.9 Å². The number of hydrogen-bond acceptors (Lipinski definition) is 4. The Kier molecular flexibility index (Phi) is 5.40. The Balaban J connectivity index is 2.67. The minimum Gasteiger partial charge on any atom is -0.394 e. The van der Waals surface area contributed by atoms with Gasteiger partial charge in [-0.1, -0.05) is 6.92 Å². The third kappa shape index (κ3) is 4.23. The highest BCUT2D eigenvalue weighted by Gasteiger charge is 2.26. The summed E-state index contributed by atoms with van der Waals surface area (Å²) in [5, 5.41) is 9.34. The molecule has 1 aromatic rings. The highest BCUT2D eigenvalue weighted by molar-refractivity contribution is 5.10. The molecule has 0 radical (unpaired) electrons. The molecule has 0 aliphatic heterocycles. The van der Waals surface area contributed by atoms with Crippen molar-refractivity contribution < 1.29 is 9.50 Å². The van der Waals surface area contributed by atoms with Crippen LogP contribution in [0.15, 0.2) is 18.3 Å². The lowest BCUT2D eigenvalue weighted by molar-refractivity contribution is 0.0649. The first-order chi connectivity index (χ1) is 8.77. The van der Waals surface area contributed by atoms with E-state index in [9.17, 15) is 9.50 Å². The molecule has 2 atom stereocenters. The zero-order valence-corrected chi connectivity index (χ0v) is 12.1. The molecule has 2 unspecified atom stereocenters. The fourth-order valence-corrected chi connectivity index (χ4v) is 1.79. The number of nitrogens with two attached hydrogens (primary N) is 1. The van der Waals surface area contributed by atoms with Gasteiger partial charge in [0.05, 0.1) is 24.5 Å². The maximum absolute atomic E-state index is 12.8. The molecule has 4 nitrogen and oxygen atoms in total. The number of aliphatic hydroxyl groups is 1. The van der Waals surface area contributed by atoms with Crippen LogP contribution in [0.3, 0.4) is 0 Å². The van der Waals surface area contributed by atoms with Crippen molar-refractivity contribution in [3.63, 3.8) is 0 Å². The average molecular weight is 269 g/mol. The summed E-state index contributed by atoms with van der Waals surface area (Å²) in [7, 11) is 1.96. The summed E-state index contributed by atoms with van der Waals surface area (Å²) in [5.74, 6) is -0.212. The van der Waals surface area contributed by atoms with Gasteiger partial charge in [-0.05, 0) is 38.9 Å². The predicted molar refractivity (Wildman–Crippen MR) is 74.1 cm³/mol. The summed E-state index contributed by atoms with van der Waals surface area (Å²) in [6.07, 6.45) is 1.18. The molecule has 1 rings (SSSR count). The third-order valence-electron chi connectivity index (χ3n) is 3.69. The van der Waals surface area contributed by atoms with E-state index in [0.29, 0.717) is 5.69 Å². The number of rotatable bonds is 6. The number of nitrogens with zero attached hydrogens (tertiary/aromatic N) is 2. The molecule has 0 aliphatic rings. The SMILES string of the molecule is CC(CN(C)C(C)(C)CO)C(N)c1ccc(F)cn1. The van der Waals surface area contributed by atoms with Crippen LogP contribution in [0.5, 0.6) is 0 Å². The van der Waals surface area contributed by atoms with Gasteiger partial charge in [0.2, 0.25) is 0 Å². The smallest absolute Gasteiger partial charge is 0.141 e. The lowest BCUT2D eigenvalue weighted by Gasteiger charge is -2.36. The molecule has 1 aromatic heterocycles. The van der Waals surface area contributed by atoms with E-state index in [2.05, 4.69) is 9.88 Å². The van der Waals surface area contributed by atoms with E-state index in [1.54, 1.807) is 6.07 Å². The van der Waals surface area contributed by atoms with Crippen molar-refractivity contribution in [3.05, 3.63) is 29.8 Å². The van der Waals surface area contributed by atoms with Gasteiger partial charge < -0.3 is 10.8 Å². The molecular formula is C14H24FN3O. The Morgan fingerprint density at radius 1 is 1.47 bits per heavy atom. The number of hydrogen-bond donors (Lipinski definition) is 2. The molecule has 5 heteroatoms. The largest absolute Gasteiger partial charge is 0.394 e. The second kappa shape index (κ2) is 6.41. The van der Waals surface area contributed by atoms with Crippen LogP contribution in [0, 0.1) is 11.7 Å². The van der Waals surface area contributed by atoms with Crippen molar-refractivity contribution in [1.82, 2.24) is 9.88 Å². The normalized spacial score (nSPS) is 15.6. The van der Waals surface area contributed by atoms with Crippen molar-refractivity contribution in [2.75, 3.05) is 20.2 Å². The van der Waals surface area contributed by atoms with Gasteiger partial charge in [0.1, 0.15) is 5.82 Å². The van der Waals surface area contributed by atoms with Crippen LogP contribution in [0.4, 0.5) is 4.39 Å². The van der Waals surface area contributed by atoms with Gasteiger partial charge in [-0.25, -0.2) is 4.39 Å². The molecule has 108 valence electrons. The molecule has 3 N–H and O–H groups in total. The molecule has 0 spiro atoms. The monoisotopic (exact) mass is 269 g/mol. The molecule has 0 aliphatic carbocycles. The van der Waals surface area contributed by atoms with Crippen LogP contribution < -0.4 is 5.73 Å². The van der Waals surface area contributed by atoms with E-state index in [4.69, 9.17) is 5.73 Å². The van der Waals surface area contributed by atoms with Crippen LogP contribution in [0.25, 0.3) is 0 Å². The minimum atomic E-state index is -0.359. The number of aliphatic hydroxyl groups excluding tert-OH is 1. The van der Waals surface area contributed by atoms with Gasteiger partial charge in [0.25, 0.3) is 0 Å². The van der Waals surface area contributed by atoms with E-state index in [1.165, 1.54) is 12.3 Å². The molecule has 0 amide bonds. The maximum atomic E-state index is 12.8. The van der Waals surface area contributed by atoms with Crippen molar-refractivity contribution in [2.45, 2.75) is 32.4 Å².